The van der Waals surface area contributed by atoms with E-state index in [0.717, 1.165) is 5.56 Å². The molecular weight excluding hydrogens is 376 g/mol. The zero-order valence-electron chi connectivity index (χ0n) is 16.3. The molecule has 0 spiro atoms. The Morgan fingerprint density at radius 1 is 1.29 bits per heavy atom. The molecule has 0 radical (unpaired) electrons. The molecule has 2 heterocycles. The third-order valence-corrected chi connectivity index (χ3v) is 7.32. The summed E-state index contributed by atoms with van der Waals surface area (Å²) in [6, 6.07) is 8.65. The number of rotatable bonds is 4. The maximum atomic E-state index is 13.3. The minimum absolute atomic E-state index is 0.200. The van der Waals surface area contributed by atoms with E-state index in [9.17, 15) is 18.8 Å². The molecule has 2 aromatic rings. The van der Waals surface area contributed by atoms with Gasteiger partial charge in [-0.1, -0.05) is 6.07 Å². The van der Waals surface area contributed by atoms with Crippen LogP contribution in [0.3, 0.4) is 0 Å². The van der Waals surface area contributed by atoms with E-state index in [0.29, 0.717) is 42.1 Å². The van der Waals surface area contributed by atoms with Crippen molar-refractivity contribution in [3.8, 4) is 6.07 Å². The molecule has 0 unspecified atom stereocenters. The first-order valence-corrected chi connectivity index (χ1v) is 10.6. The van der Waals surface area contributed by atoms with Gasteiger partial charge in [-0.05, 0) is 55.7 Å². The van der Waals surface area contributed by atoms with Crippen LogP contribution in [0.1, 0.15) is 29.2 Å². The summed E-state index contributed by atoms with van der Waals surface area (Å²) in [5.74, 6) is 0.586. The van der Waals surface area contributed by atoms with Gasteiger partial charge in [-0.15, -0.1) is 0 Å². The molecule has 148 valence electrons. The van der Waals surface area contributed by atoms with E-state index in [1.165, 1.54) is 4.31 Å². The quantitative estimate of drug-likeness (QED) is 0.843. The van der Waals surface area contributed by atoms with Crippen molar-refractivity contribution in [2.45, 2.75) is 38.3 Å². The lowest BCUT2D eigenvalue weighted by Gasteiger charge is -2.39. The van der Waals surface area contributed by atoms with Crippen molar-refractivity contribution in [1.82, 2.24) is 9.29 Å². The highest BCUT2D eigenvalue weighted by Crippen LogP contribution is 2.28. The number of aliphatic hydroxyl groups excluding tert-OH is 1. The zero-order valence-corrected chi connectivity index (χ0v) is 17.1. The fraction of sp³-hybridized carbons (Fsp3) is 0.400. The smallest absolute Gasteiger partial charge is 0.243 e. The number of piperazine rings is 1. The molecular formula is C20H24N4O3S. The van der Waals surface area contributed by atoms with Gasteiger partial charge in [0, 0.05) is 31.9 Å². The molecule has 1 fully saturated rings. The second-order valence-electron chi connectivity index (χ2n) is 7.10. The highest BCUT2D eigenvalue weighted by atomic mass is 32.2. The zero-order chi connectivity index (χ0) is 20.5. The van der Waals surface area contributed by atoms with Crippen LogP contribution in [0.25, 0.3) is 0 Å². The summed E-state index contributed by atoms with van der Waals surface area (Å²) in [5.41, 5.74) is 2.63. The highest BCUT2D eigenvalue weighted by Gasteiger charge is 2.35. The van der Waals surface area contributed by atoms with Crippen LogP contribution in [0.4, 0.5) is 5.82 Å². The molecule has 7 nitrogen and oxygen atoms in total. The number of nitrogens with zero attached hydrogens (tertiary/aromatic N) is 4. The van der Waals surface area contributed by atoms with Gasteiger partial charge in [0.05, 0.1) is 17.1 Å². The molecule has 3 rings (SSSR count). The Morgan fingerprint density at radius 3 is 2.68 bits per heavy atom. The number of anilines is 1. The predicted molar refractivity (Wildman–Crippen MR) is 106 cm³/mol. The number of aryl methyl sites for hydroxylation is 2. The highest BCUT2D eigenvalue weighted by molar-refractivity contribution is 7.89. The molecule has 8 heteroatoms. The van der Waals surface area contributed by atoms with Crippen molar-refractivity contribution in [1.29, 1.82) is 5.26 Å². The summed E-state index contributed by atoms with van der Waals surface area (Å²) in [6.45, 7) is 6.48. The average Bonchev–Trinajstić information content (AvgIpc) is 2.67. The molecule has 1 aliphatic heterocycles. The van der Waals surface area contributed by atoms with E-state index in [-0.39, 0.29) is 17.5 Å². The molecule has 1 aromatic heterocycles. The standard InChI is InChI=1S/C20H24N4O3S/c1-14-9-15(2)19(10-18(14)13-25)28(26,27)24-8-7-23(12-16(24)3)20-17(11-21)5-4-6-22-20/h4-6,9-10,16,25H,7-8,12-13H2,1-3H3/t16-/m0/s1. The van der Waals surface area contributed by atoms with Gasteiger partial charge in [0.15, 0.2) is 0 Å². The van der Waals surface area contributed by atoms with Crippen LogP contribution in [0, 0.1) is 25.2 Å². The molecule has 1 atom stereocenters. The summed E-state index contributed by atoms with van der Waals surface area (Å²) in [4.78, 5) is 6.50. The predicted octanol–water partition coefficient (Wildman–Crippen LogP) is 1.96. The van der Waals surface area contributed by atoms with Gasteiger partial charge in [-0.2, -0.15) is 9.57 Å². The van der Waals surface area contributed by atoms with E-state index in [1.54, 1.807) is 37.4 Å². The third-order valence-electron chi connectivity index (χ3n) is 5.16. The number of aromatic nitrogens is 1. The molecule has 1 aromatic carbocycles. The molecule has 1 saturated heterocycles. The molecule has 1 N–H and O–H groups in total. The van der Waals surface area contributed by atoms with Crippen LogP contribution in [-0.4, -0.2) is 48.5 Å². The lowest BCUT2D eigenvalue weighted by Crippen LogP contribution is -2.54. The van der Waals surface area contributed by atoms with Crippen molar-refractivity contribution in [2.75, 3.05) is 24.5 Å². The molecule has 0 saturated carbocycles. The maximum absolute atomic E-state index is 13.3. The topological polar surface area (TPSA) is 97.5 Å². The van der Waals surface area contributed by atoms with Crippen LogP contribution in [0.2, 0.25) is 0 Å². The largest absolute Gasteiger partial charge is 0.392 e. The van der Waals surface area contributed by atoms with Crippen LogP contribution >= 0.6 is 0 Å². The van der Waals surface area contributed by atoms with E-state index >= 15 is 0 Å². The Hall–Kier alpha value is -2.47. The Balaban J connectivity index is 1.89. The normalized spacial score (nSPS) is 18.1. The molecule has 0 aliphatic carbocycles. The first kappa shape index (κ1) is 20.3. The van der Waals surface area contributed by atoms with Crippen LogP contribution in [-0.2, 0) is 16.6 Å². The minimum Gasteiger partial charge on any atom is -0.392 e. The van der Waals surface area contributed by atoms with Gasteiger partial charge in [-0.25, -0.2) is 13.4 Å². The lowest BCUT2D eigenvalue weighted by atomic mass is 10.1. The average molecular weight is 401 g/mol. The second-order valence-corrected chi connectivity index (χ2v) is 8.96. The van der Waals surface area contributed by atoms with Gasteiger partial charge in [0.1, 0.15) is 11.9 Å². The van der Waals surface area contributed by atoms with E-state index in [1.807, 2.05) is 18.7 Å². The van der Waals surface area contributed by atoms with Gasteiger partial charge < -0.3 is 10.0 Å². The summed E-state index contributed by atoms with van der Waals surface area (Å²) < 4.78 is 28.1. The minimum atomic E-state index is -3.70. The van der Waals surface area contributed by atoms with Crippen LogP contribution in [0.15, 0.2) is 35.4 Å². The first-order valence-electron chi connectivity index (χ1n) is 9.12. The van der Waals surface area contributed by atoms with E-state index in [2.05, 4.69) is 11.1 Å². The Kier molecular flexibility index (Phi) is 5.70. The Morgan fingerprint density at radius 2 is 2.04 bits per heavy atom. The number of hydrogen-bond acceptors (Lipinski definition) is 6. The Bertz CT molecular complexity index is 1030. The van der Waals surface area contributed by atoms with Crippen molar-refractivity contribution >= 4 is 15.8 Å². The number of benzene rings is 1. The molecule has 0 amide bonds. The SMILES string of the molecule is Cc1cc(C)c(S(=O)(=O)N2CCN(c3ncccc3C#N)C[C@@H]2C)cc1CO. The fourth-order valence-corrected chi connectivity index (χ4v) is 5.55. The van der Waals surface area contributed by atoms with Crippen molar-refractivity contribution in [2.24, 2.45) is 0 Å². The summed E-state index contributed by atoms with van der Waals surface area (Å²) in [5, 5.41) is 18.8. The van der Waals surface area contributed by atoms with Gasteiger partial charge in [0.25, 0.3) is 0 Å². The number of aliphatic hydroxyl groups is 1. The lowest BCUT2D eigenvalue weighted by molar-refractivity contribution is 0.280. The van der Waals surface area contributed by atoms with Crippen molar-refractivity contribution < 1.29 is 13.5 Å². The molecule has 0 bridgehead atoms. The Labute approximate surface area is 165 Å². The fourth-order valence-electron chi connectivity index (χ4n) is 3.68. The first-order chi connectivity index (χ1) is 13.3. The monoisotopic (exact) mass is 400 g/mol. The molecule has 28 heavy (non-hydrogen) atoms. The number of hydrogen-bond donors (Lipinski definition) is 1. The number of sulfonamides is 1. The summed E-state index contributed by atoms with van der Waals surface area (Å²) in [6.07, 6.45) is 1.63. The summed E-state index contributed by atoms with van der Waals surface area (Å²) in [7, 11) is -3.70. The number of pyridine rings is 1. The van der Waals surface area contributed by atoms with E-state index < -0.39 is 10.0 Å². The van der Waals surface area contributed by atoms with Gasteiger partial charge in [-0.3, -0.25) is 0 Å². The molecule has 1 aliphatic rings. The number of nitriles is 1. The maximum Gasteiger partial charge on any atom is 0.243 e. The third kappa shape index (κ3) is 3.61. The van der Waals surface area contributed by atoms with Crippen LogP contribution in [0.5, 0.6) is 0 Å². The van der Waals surface area contributed by atoms with Crippen molar-refractivity contribution in [3.05, 3.63) is 52.7 Å². The van der Waals surface area contributed by atoms with Crippen LogP contribution < -0.4 is 4.90 Å². The second kappa shape index (κ2) is 7.87. The van der Waals surface area contributed by atoms with Gasteiger partial charge in [0.2, 0.25) is 10.0 Å². The van der Waals surface area contributed by atoms with E-state index in [4.69, 9.17) is 0 Å². The van der Waals surface area contributed by atoms with Crippen molar-refractivity contribution in [3.63, 3.8) is 0 Å². The van der Waals surface area contributed by atoms with Gasteiger partial charge >= 0.3 is 0 Å². The summed E-state index contributed by atoms with van der Waals surface area (Å²) >= 11 is 0.